The van der Waals surface area contributed by atoms with Crippen molar-refractivity contribution in [3.63, 3.8) is 0 Å². The van der Waals surface area contributed by atoms with Crippen molar-refractivity contribution in [1.82, 2.24) is 19.5 Å². The second-order valence-corrected chi connectivity index (χ2v) is 14.4. The van der Waals surface area contributed by atoms with Crippen LogP contribution in [0.5, 0.6) is 0 Å². The molecule has 4 nitrogen and oxygen atoms in total. The van der Waals surface area contributed by atoms with Gasteiger partial charge in [0.2, 0.25) is 0 Å². The van der Waals surface area contributed by atoms with E-state index in [1.807, 2.05) is 18.2 Å². The molecular weight excluding hydrogens is 669 g/mol. The molecule has 0 radical (unpaired) electrons. The summed E-state index contributed by atoms with van der Waals surface area (Å²) in [4.78, 5) is 15.7. The summed E-state index contributed by atoms with van der Waals surface area (Å²) < 4.78 is 2.42. The van der Waals surface area contributed by atoms with Gasteiger partial charge >= 0.3 is 0 Å². The van der Waals surface area contributed by atoms with Crippen LogP contribution in [0.25, 0.3) is 116 Å². The predicted octanol–water partition coefficient (Wildman–Crippen LogP) is 13.1. The highest BCUT2D eigenvalue weighted by Crippen LogP contribution is 2.48. The van der Waals surface area contributed by atoms with Gasteiger partial charge in [0.25, 0.3) is 0 Å². The lowest BCUT2D eigenvalue weighted by molar-refractivity contribution is 1.08. The number of aromatic nitrogens is 4. The molecule has 0 amide bonds. The van der Waals surface area contributed by atoms with E-state index in [4.69, 9.17) is 15.0 Å². The van der Waals surface area contributed by atoms with Crippen LogP contribution in [0, 0.1) is 0 Å². The van der Waals surface area contributed by atoms with E-state index in [-0.39, 0.29) is 0 Å². The summed E-state index contributed by atoms with van der Waals surface area (Å²) >= 11 is 0. The van der Waals surface area contributed by atoms with Crippen molar-refractivity contribution in [3.05, 3.63) is 182 Å². The van der Waals surface area contributed by atoms with Crippen LogP contribution in [-0.4, -0.2) is 19.5 Å². The van der Waals surface area contributed by atoms with Crippen molar-refractivity contribution < 1.29 is 0 Å². The lowest BCUT2D eigenvalue weighted by Gasteiger charge is -2.15. The normalized spacial score (nSPS) is 12.0. The van der Waals surface area contributed by atoms with E-state index in [9.17, 15) is 0 Å². The summed E-state index contributed by atoms with van der Waals surface area (Å²) in [5, 5.41) is 9.61. The van der Waals surface area contributed by atoms with Crippen LogP contribution in [-0.2, 0) is 0 Å². The first kappa shape index (κ1) is 30.1. The molecule has 1 aliphatic rings. The second-order valence-electron chi connectivity index (χ2n) is 14.4. The standard InChI is InChI=1S/C51H30N4/c1-2-13-31(14-3-1)49-52-50(35-27-34-17-12-23-41-36-18-6-7-19-37(36)44(29-35)48(34)41)54-51(53-49)42-25-26-46(39-21-9-8-20-38(39)42)55-45-24-11-10-22-40(45)43-28-32-15-4-5-16-33(32)30-47(43)55/h1-30H. The first-order valence-electron chi connectivity index (χ1n) is 18.7. The molecular formula is C51H30N4. The lowest BCUT2D eigenvalue weighted by atomic mass is 9.99. The molecule has 0 N–H and O–H groups in total. The van der Waals surface area contributed by atoms with E-state index in [2.05, 4.69) is 168 Å². The largest absolute Gasteiger partial charge is 0.309 e. The fourth-order valence-corrected chi connectivity index (χ4v) is 8.88. The van der Waals surface area contributed by atoms with Crippen LogP contribution in [0.15, 0.2) is 182 Å². The van der Waals surface area contributed by atoms with E-state index >= 15 is 0 Å². The third-order valence-corrected chi connectivity index (χ3v) is 11.3. The zero-order valence-corrected chi connectivity index (χ0v) is 29.6. The maximum absolute atomic E-state index is 5.30. The average molecular weight is 699 g/mol. The molecule has 2 heterocycles. The molecule has 0 bridgehead atoms. The number of hydrogen-bond acceptors (Lipinski definition) is 3. The molecule has 9 aromatic carbocycles. The van der Waals surface area contributed by atoms with Crippen LogP contribution in [0.2, 0.25) is 0 Å². The summed E-state index contributed by atoms with van der Waals surface area (Å²) in [6.45, 7) is 0. The summed E-state index contributed by atoms with van der Waals surface area (Å²) in [6, 6.07) is 65.0. The smallest absolute Gasteiger partial charge is 0.164 e. The first-order chi connectivity index (χ1) is 27.3. The van der Waals surface area contributed by atoms with Gasteiger partial charge in [0, 0.05) is 32.8 Å². The number of fused-ring (bicyclic) bond motifs is 8. The molecule has 0 spiro atoms. The maximum Gasteiger partial charge on any atom is 0.164 e. The Morgan fingerprint density at radius 2 is 0.927 bits per heavy atom. The summed E-state index contributed by atoms with van der Waals surface area (Å²) in [7, 11) is 0. The zero-order valence-electron chi connectivity index (χ0n) is 29.6. The number of benzene rings is 9. The highest BCUT2D eigenvalue weighted by Gasteiger charge is 2.24. The van der Waals surface area contributed by atoms with Gasteiger partial charge in [0.05, 0.1) is 16.7 Å². The fraction of sp³-hybridized carbons (Fsp3) is 0. The molecule has 0 fully saturated rings. The van der Waals surface area contributed by atoms with Crippen molar-refractivity contribution in [2.45, 2.75) is 0 Å². The SMILES string of the molecule is c1ccc(-c2nc(-c3cc4c5c(cccc5c3)-c3ccccc3-4)nc(-c3ccc(-n4c5ccccc5c5cc6ccccc6cc54)c4ccccc34)n2)cc1. The molecule has 0 saturated heterocycles. The molecule has 0 atom stereocenters. The van der Waals surface area contributed by atoms with Gasteiger partial charge < -0.3 is 4.57 Å². The molecule has 0 unspecified atom stereocenters. The molecule has 0 aliphatic heterocycles. The van der Waals surface area contributed by atoms with E-state index in [0.717, 1.165) is 33.2 Å². The quantitative estimate of drug-likeness (QED) is 0.184. The lowest BCUT2D eigenvalue weighted by Crippen LogP contribution is -2.02. The monoisotopic (exact) mass is 698 g/mol. The van der Waals surface area contributed by atoms with Gasteiger partial charge in [-0.25, -0.2) is 15.0 Å². The van der Waals surface area contributed by atoms with Crippen molar-refractivity contribution in [3.8, 4) is 62.1 Å². The predicted molar refractivity (Wildman–Crippen MR) is 227 cm³/mol. The number of para-hydroxylation sites is 1. The van der Waals surface area contributed by atoms with E-state index < -0.39 is 0 Å². The Hall–Kier alpha value is -7.43. The molecule has 2 aromatic heterocycles. The van der Waals surface area contributed by atoms with Crippen molar-refractivity contribution in [1.29, 1.82) is 0 Å². The minimum absolute atomic E-state index is 0.644. The Balaban J connectivity index is 1.10. The Kier molecular flexibility index (Phi) is 6.31. The summed E-state index contributed by atoms with van der Waals surface area (Å²) in [6.07, 6.45) is 0. The Morgan fingerprint density at radius 3 is 1.76 bits per heavy atom. The van der Waals surface area contributed by atoms with E-state index in [0.29, 0.717) is 17.5 Å². The fourth-order valence-electron chi connectivity index (χ4n) is 8.88. The van der Waals surface area contributed by atoms with Crippen LogP contribution in [0.3, 0.4) is 0 Å². The molecule has 12 rings (SSSR count). The summed E-state index contributed by atoms with van der Waals surface area (Å²) in [5.41, 5.74) is 11.4. The van der Waals surface area contributed by atoms with Crippen molar-refractivity contribution >= 4 is 54.1 Å². The number of rotatable bonds is 4. The van der Waals surface area contributed by atoms with Gasteiger partial charge in [-0.1, -0.05) is 140 Å². The highest BCUT2D eigenvalue weighted by molar-refractivity contribution is 6.17. The van der Waals surface area contributed by atoms with E-state index in [1.54, 1.807) is 0 Å². The van der Waals surface area contributed by atoms with Gasteiger partial charge in [-0.3, -0.25) is 0 Å². The van der Waals surface area contributed by atoms with E-state index in [1.165, 1.54) is 65.6 Å². The average Bonchev–Trinajstić information content (AvgIpc) is 3.75. The Morgan fingerprint density at radius 1 is 0.309 bits per heavy atom. The van der Waals surface area contributed by atoms with Gasteiger partial charge in [-0.05, 0) is 91.6 Å². The van der Waals surface area contributed by atoms with Gasteiger partial charge in [-0.15, -0.1) is 0 Å². The van der Waals surface area contributed by atoms with Gasteiger partial charge in [-0.2, -0.15) is 0 Å². The van der Waals surface area contributed by atoms with Crippen LogP contribution in [0.1, 0.15) is 0 Å². The molecule has 1 aliphatic carbocycles. The number of nitrogens with zero attached hydrogens (tertiary/aromatic N) is 4. The first-order valence-corrected chi connectivity index (χ1v) is 18.7. The third kappa shape index (κ3) is 4.49. The molecule has 4 heteroatoms. The molecule has 55 heavy (non-hydrogen) atoms. The van der Waals surface area contributed by atoms with Crippen molar-refractivity contribution in [2.75, 3.05) is 0 Å². The number of hydrogen-bond donors (Lipinski definition) is 0. The minimum Gasteiger partial charge on any atom is -0.309 e. The van der Waals surface area contributed by atoms with Crippen LogP contribution < -0.4 is 0 Å². The second kappa shape index (κ2) is 11.5. The topological polar surface area (TPSA) is 43.6 Å². The van der Waals surface area contributed by atoms with Gasteiger partial charge in [0.15, 0.2) is 17.5 Å². The van der Waals surface area contributed by atoms with Crippen molar-refractivity contribution in [2.24, 2.45) is 0 Å². The zero-order chi connectivity index (χ0) is 36.0. The minimum atomic E-state index is 0.644. The maximum atomic E-state index is 5.30. The molecule has 11 aromatic rings. The summed E-state index contributed by atoms with van der Waals surface area (Å²) in [5.74, 6) is 1.94. The van der Waals surface area contributed by atoms with Crippen LogP contribution >= 0.6 is 0 Å². The highest BCUT2D eigenvalue weighted by atomic mass is 15.0. The third-order valence-electron chi connectivity index (χ3n) is 11.3. The molecule has 254 valence electrons. The van der Waals surface area contributed by atoms with Gasteiger partial charge in [0.1, 0.15) is 0 Å². The Labute approximate surface area is 316 Å². The van der Waals surface area contributed by atoms with Crippen LogP contribution in [0.4, 0.5) is 0 Å². The Bertz CT molecular complexity index is 3380. The molecule has 0 saturated carbocycles.